The Hall–Kier alpha value is -2.11. The second kappa shape index (κ2) is 9.12. The predicted molar refractivity (Wildman–Crippen MR) is 91.2 cm³/mol. The minimum Gasteiger partial charge on any atom is -0.492 e. The van der Waals surface area contributed by atoms with Crippen LogP contribution in [0.25, 0.3) is 0 Å². The van der Waals surface area contributed by atoms with Gasteiger partial charge in [0.2, 0.25) is 5.91 Å². The number of pyridine rings is 1. The number of hydrogen-bond donors (Lipinski definition) is 1. The van der Waals surface area contributed by atoms with Crippen molar-refractivity contribution in [3.05, 3.63) is 58.3 Å². The summed E-state index contributed by atoms with van der Waals surface area (Å²) in [6, 6.07) is 8.59. The third-order valence-corrected chi connectivity index (χ3v) is 3.34. The zero-order valence-electron chi connectivity index (χ0n) is 12.2. The summed E-state index contributed by atoms with van der Waals surface area (Å²) in [5, 5.41) is 4.87. The number of halogens is 2. The maximum absolute atomic E-state index is 11.6. The molecule has 7 heteroatoms. The van der Waals surface area contributed by atoms with Crippen LogP contribution in [0.4, 0.5) is 0 Å². The molecular weight excluding hydrogens is 337 g/mol. The SMILES string of the molecule is O=C(CCCOc1ccc(Cl)cc1Cl)N/N=C\c1ccncc1. The Morgan fingerprint density at radius 2 is 2.04 bits per heavy atom. The van der Waals surface area contributed by atoms with Crippen LogP contribution in [0.1, 0.15) is 18.4 Å². The van der Waals surface area contributed by atoms with Gasteiger partial charge in [-0.05, 0) is 42.3 Å². The van der Waals surface area contributed by atoms with Gasteiger partial charge in [-0.3, -0.25) is 9.78 Å². The second-order valence-corrected chi connectivity index (χ2v) is 5.44. The number of rotatable bonds is 7. The molecule has 0 bridgehead atoms. The number of nitrogens with zero attached hydrogens (tertiary/aromatic N) is 2. The smallest absolute Gasteiger partial charge is 0.240 e. The van der Waals surface area contributed by atoms with Crippen molar-refractivity contribution >= 4 is 35.3 Å². The average molecular weight is 352 g/mol. The second-order valence-electron chi connectivity index (χ2n) is 4.60. The number of benzene rings is 1. The van der Waals surface area contributed by atoms with E-state index in [4.69, 9.17) is 27.9 Å². The van der Waals surface area contributed by atoms with Gasteiger partial charge in [-0.15, -0.1) is 0 Å². The summed E-state index contributed by atoms with van der Waals surface area (Å²) in [5.74, 6) is 0.369. The Morgan fingerprint density at radius 3 is 2.78 bits per heavy atom. The molecule has 5 nitrogen and oxygen atoms in total. The van der Waals surface area contributed by atoms with Crippen molar-refractivity contribution < 1.29 is 9.53 Å². The van der Waals surface area contributed by atoms with Gasteiger partial charge in [0.1, 0.15) is 5.75 Å². The number of hydrazone groups is 1. The third-order valence-electron chi connectivity index (χ3n) is 2.81. The van der Waals surface area contributed by atoms with Gasteiger partial charge in [-0.1, -0.05) is 23.2 Å². The fourth-order valence-electron chi connectivity index (χ4n) is 1.69. The van der Waals surface area contributed by atoms with E-state index in [2.05, 4.69) is 15.5 Å². The van der Waals surface area contributed by atoms with Crippen LogP contribution < -0.4 is 10.2 Å². The molecule has 1 heterocycles. The number of hydrogen-bond acceptors (Lipinski definition) is 4. The monoisotopic (exact) mass is 351 g/mol. The Morgan fingerprint density at radius 1 is 1.26 bits per heavy atom. The normalized spacial score (nSPS) is 10.7. The molecule has 0 aliphatic carbocycles. The molecule has 0 saturated carbocycles. The van der Waals surface area contributed by atoms with E-state index in [0.29, 0.717) is 35.2 Å². The highest BCUT2D eigenvalue weighted by atomic mass is 35.5. The third kappa shape index (κ3) is 6.26. The number of amides is 1. The summed E-state index contributed by atoms with van der Waals surface area (Å²) >= 11 is 11.8. The number of carbonyl (C=O) groups is 1. The fourth-order valence-corrected chi connectivity index (χ4v) is 2.15. The van der Waals surface area contributed by atoms with Gasteiger partial charge >= 0.3 is 0 Å². The van der Waals surface area contributed by atoms with Gasteiger partial charge in [0.25, 0.3) is 0 Å². The Kier molecular flexibility index (Phi) is 6.84. The van der Waals surface area contributed by atoms with E-state index in [1.165, 1.54) is 0 Å². The van der Waals surface area contributed by atoms with Crippen LogP contribution >= 0.6 is 23.2 Å². The summed E-state index contributed by atoms with van der Waals surface area (Å²) in [7, 11) is 0. The lowest BCUT2D eigenvalue weighted by atomic mass is 10.3. The molecule has 120 valence electrons. The highest BCUT2D eigenvalue weighted by molar-refractivity contribution is 6.35. The average Bonchev–Trinajstić information content (AvgIpc) is 2.54. The molecule has 2 rings (SSSR count). The van der Waals surface area contributed by atoms with Gasteiger partial charge in [0, 0.05) is 23.8 Å². The van der Waals surface area contributed by atoms with Crippen LogP contribution in [-0.2, 0) is 4.79 Å². The Bertz CT molecular complexity index is 678. The van der Waals surface area contributed by atoms with Gasteiger partial charge in [-0.25, -0.2) is 5.43 Å². The highest BCUT2D eigenvalue weighted by Crippen LogP contribution is 2.27. The van der Waals surface area contributed by atoms with Crippen molar-refractivity contribution in [3.8, 4) is 5.75 Å². The van der Waals surface area contributed by atoms with Crippen molar-refractivity contribution in [3.63, 3.8) is 0 Å². The Labute approximate surface area is 144 Å². The maximum Gasteiger partial charge on any atom is 0.240 e. The van der Waals surface area contributed by atoms with E-state index in [1.807, 2.05) is 0 Å². The van der Waals surface area contributed by atoms with Crippen LogP contribution in [0.3, 0.4) is 0 Å². The number of aromatic nitrogens is 1. The van der Waals surface area contributed by atoms with Crippen LogP contribution in [0, 0.1) is 0 Å². The summed E-state index contributed by atoms with van der Waals surface area (Å²) in [6.07, 6.45) is 5.73. The van der Waals surface area contributed by atoms with Gasteiger partial charge in [0.05, 0.1) is 17.8 Å². The summed E-state index contributed by atoms with van der Waals surface area (Å²) in [4.78, 5) is 15.5. The van der Waals surface area contributed by atoms with Gasteiger partial charge in [-0.2, -0.15) is 5.10 Å². The molecule has 0 spiro atoms. The molecule has 0 fully saturated rings. The lowest BCUT2D eigenvalue weighted by Crippen LogP contribution is -2.18. The number of nitrogens with one attached hydrogen (secondary N) is 1. The summed E-state index contributed by atoms with van der Waals surface area (Å²) in [5.41, 5.74) is 3.32. The topological polar surface area (TPSA) is 63.6 Å². The van der Waals surface area contributed by atoms with E-state index >= 15 is 0 Å². The maximum atomic E-state index is 11.6. The molecule has 0 aliphatic rings. The van der Waals surface area contributed by atoms with E-state index in [0.717, 1.165) is 5.56 Å². The zero-order valence-corrected chi connectivity index (χ0v) is 13.7. The first kappa shape index (κ1) is 17.2. The molecule has 23 heavy (non-hydrogen) atoms. The fraction of sp³-hybridized carbons (Fsp3) is 0.188. The Balaban J connectivity index is 1.66. The summed E-state index contributed by atoms with van der Waals surface area (Å²) < 4.78 is 5.50. The zero-order chi connectivity index (χ0) is 16.5. The van der Waals surface area contributed by atoms with E-state index in [1.54, 1.807) is 48.9 Å². The first-order chi connectivity index (χ1) is 11.1. The first-order valence-corrected chi connectivity index (χ1v) is 7.70. The van der Waals surface area contributed by atoms with Crippen LogP contribution in [0.2, 0.25) is 10.0 Å². The van der Waals surface area contributed by atoms with Gasteiger partial charge in [0.15, 0.2) is 0 Å². The molecular formula is C16H15Cl2N3O2. The molecule has 1 aromatic carbocycles. The van der Waals surface area contributed by atoms with E-state index in [-0.39, 0.29) is 5.91 Å². The first-order valence-electron chi connectivity index (χ1n) is 6.95. The highest BCUT2D eigenvalue weighted by Gasteiger charge is 2.04. The molecule has 0 saturated heterocycles. The minimum absolute atomic E-state index is 0.180. The molecule has 0 aliphatic heterocycles. The van der Waals surface area contributed by atoms with Crippen molar-refractivity contribution in [1.29, 1.82) is 0 Å². The van der Waals surface area contributed by atoms with Crippen molar-refractivity contribution in [1.82, 2.24) is 10.4 Å². The largest absolute Gasteiger partial charge is 0.492 e. The molecule has 0 atom stereocenters. The van der Waals surface area contributed by atoms with Crippen LogP contribution in [0.15, 0.2) is 47.8 Å². The number of carbonyl (C=O) groups excluding carboxylic acids is 1. The van der Waals surface area contributed by atoms with Gasteiger partial charge < -0.3 is 4.74 Å². The van der Waals surface area contributed by atoms with Crippen LogP contribution in [-0.4, -0.2) is 23.7 Å². The quantitative estimate of drug-likeness (QED) is 0.470. The minimum atomic E-state index is -0.180. The van der Waals surface area contributed by atoms with E-state index < -0.39 is 0 Å². The predicted octanol–water partition coefficient (Wildman–Crippen LogP) is 3.70. The molecule has 2 aromatic rings. The van der Waals surface area contributed by atoms with E-state index in [9.17, 15) is 4.79 Å². The molecule has 0 radical (unpaired) electrons. The lowest BCUT2D eigenvalue weighted by molar-refractivity contribution is -0.121. The molecule has 1 N–H and O–H groups in total. The van der Waals surface area contributed by atoms with Crippen molar-refractivity contribution in [2.24, 2.45) is 5.10 Å². The molecule has 1 amide bonds. The standard InChI is InChI=1S/C16H15Cl2N3O2/c17-13-3-4-15(14(18)10-13)23-9-1-2-16(22)21-20-11-12-5-7-19-8-6-12/h3-8,10-11H,1-2,9H2,(H,21,22)/b20-11-. The molecule has 0 unspecified atom stereocenters. The van der Waals surface area contributed by atoms with Crippen molar-refractivity contribution in [2.75, 3.05) is 6.61 Å². The summed E-state index contributed by atoms with van der Waals surface area (Å²) in [6.45, 7) is 0.378. The molecule has 1 aromatic heterocycles. The van der Waals surface area contributed by atoms with Crippen molar-refractivity contribution in [2.45, 2.75) is 12.8 Å². The number of ether oxygens (including phenoxy) is 1. The van der Waals surface area contributed by atoms with Crippen LogP contribution in [0.5, 0.6) is 5.75 Å². The lowest BCUT2D eigenvalue weighted by Gasteiger charge is -2.07.